The first kappa shape index (κ1) is 17.3. The third-order valence-corrected chi connectivity index (χ3v) is 3.77. The summed E-state index contributed by atoms with van der Waals surface area (Å²) in [6, 6.07) is 5.31. The van der Waals surface area contributed by atoms with Gasteiger partial charge in [0.15, 0.2) is 5.16 Å². The summed E-state index contributed by atoms with van der Waals surface area (Å²) in [4.78, 5) is 12.0. The van der Waals surface area contributed by atoms with E-state index in [0.29, 0.717) is 0 Å². The Bertz CT molecular complexity index is 689. The van der Waals surface area contributed by atoms with Crippen LogP contribution < -0.4 is 5.32 Å². The molecule has 23 heavy (non-hydrogen) atoms. The topological polar surface area (TPSA) is 59.8 Å². The molecule has 0 aliphatic carbocycles. The molecule has 2 aromatic rings. The van der Waals surface area contributed by atoms with Crippen molar-refractivity contribution in [2.45, 2.75) is 30.1 Å². The maximum absolute atomic E-state index is 13.0. The number of carbonyl (C=O) groups is 1. The molecule has 10 heteroatoms. The molecule has 0 saturated heterocycles. The molecule has 1 N–H and O–H groups in total. The average Bonchev–Trinajstić information content (AvgIpc) is 2.83. The Morgan fingerprint density at radius 3 is 2.83 bits per heavy atom. The van der Waals surface area contributed by atoms with Crippen LogP contribution >= 0.6 is 11.8 Å². The van der Waals surface area contributed by atoms with E-state index in [4.69, 9.17) is 0 Å². The summed E-state index contributed by atoms with van der Waals surface area (Å²) in [5.41, 5.74) is 0.263. The van der Waals surface area contributed by atoms with Crippen molar-refractivity contribution in [2.75, 3.05) is 5.32 Å². The van der Waals surface area contributed by atoms with E-state index in [1.165, 1.54) is 25.1 Å². The van der Waals surface area contributed by atoms with E-state index in [-0.39, 0.29) is 10.8 Å². The number of anilines is 1. The minimum atomic E-state index is -4.41. The predicted octanol–water partition coefficient (Wildman–Crippen LogP) is 3.10. The molecule has 1 aromatic heterocycles. The lowest BCUT2D eigenvalue weighted by atomic mass is 10.3. The van der Waals surface area contributed by atoms with Crippen LogP contribution in [0.4, 0.5) is 23.2 Å². The smallest absolute Gasteiger partial charge is 0.325 e. The van der Waals surface area contributed by atoms with Gasteiger partial charge in [-0.2, -0.15) is 13.2 Å². The fraction of sp³-hybridized carbons (Fsp3) is 0.308. The fourth-order valence-electron chi connectivity index (χ4n) is 1.66. The standard InChI is InChI=1S/C13H12F4N4OS/c1-8(11(22)19-10-4-2-3-9(14)5-10)23-12-20-18-7-21(12)6-13(15,16)17/h2-5,7-8H,6H2,1H3,(H,19,22)/t8-/m1/s1. The zero-order valence-corrected chi connectivity index (χ0v) is 12.7. The molecule has 1 heterocycles. The summed E-state index contributed by atoms with van der Waals surface area (Å²) in [6.07, 6.45) is -3.46. The van der Waals surface area contributed by atoms with Gasteiger partial charge in [-0.25, -0.2) is 4.39 Å². The van der Waals surface area contributed by atoms with Crippen molar-refractivity contribution < 1.29 is 22.4 Å². The SMILES string of the molecule is C[C@@H](Sc1nncn1CC(F)(F)F)C(=O)Nc1cccc(F)c1. The average molecular weight is 348 g/mol. The van der Waals surface area contributed by atoms with Crippen LogP contribution in [0.15, 0.2) is 35.7 Å². The van der Waals surface area contributed by atoms with Crippen LogP contribution in [0.1, 0.15) is 6.92 Å². The van der Waals surface area contributed by atoms with Gasteiger partial charge in [0.1, 0.15) is 18.7 Å². The maximum atomic E-state index is 13.0. The second-order valence-corrected chi connectivity index (χ2v) is 5.92. The van der Waals surface area contributed by atoms with E-state index >= 15 is 0 Å². The van der Waals surface area contributed by atoms with E-state index in [2.05, 4.69) is 15.5 Å². The number of nitrogens with one attached hydrogen (secondary N) is 1. The first-order valence-electron chi connectivity index (χ1n) is 6.42. The minimum absolute atomic E-state index is 0.0239. The van der Waals surface area contributed by atoms with Crippen molar-refractivity contribution in [2.24, 2.45) is 0 Å². The molecule has 0 unspecified atom stereocenters. The predicted molar refractivity (Wildman–Crippen MR) is 76.4 cm³/mol. The van der Waals surface area contributed by atoms with Gasteiger partial charge in [-0.15, -0.1) is 10.2 Å². The van der Waals surface area contributed by atoms with Gasteiger partial charge >= 0.3 is 6.18 Å². The number of carbonyl (C=O) groups excluding carboxylic acids is 1. The van der Waals surface area contributed by atoms with Crippen molar-refractivity contribution in [1.82, 2.24) is 14.8 Å². The van der Waals surface area contributed by atoms with E-state index < -0.39 is 29.7 Å². The summed E-state index contributed by atoms with van der Waals surface area (Å²) >= 11 is 0.833. The van der Waals surface area contributed by atoms with Gasteiger partial charge in [-0.1, -0.05) is 17.8 Å². The summed E-state index contributed by atoms with van der Waals surface area (Å²) < 4.78 is 51.1. The van der Waals surface area contributed by atoms with Gasteiger partial charge in [0.25, 0.3) is 0 Å². The summed E-state index contributed by atoms with van der Waals surface area (Å²) in [5, 5.41) is 8.72. The monoisotopic (exact) mass is 348 g/mol. The highest BCUT2D eigenvalue weighted by Gasteiger charge is 2.30. The van der Waals surface area contributed by atoms with E-state index in [1.54, 1.807) is 0 Å². The van der Waals surface area contributed by atoms with E-state index in [9.17, 15) is 22.4 Å². The number of thioether (sulfide) groups is 1. The highest BCUT2D eigenvalue weighted by atomic mass is 32.2. The lowest BCUT2D eigenvalue weighted by molar-refractivity contribution is -0.142. The molecule has 0 radical (unpaired) electrons. The quantitative estimate of drug-likeness (QED) is 0.666. The van der Waals surface area contributed by atoms with Crippen molar-refractivity contribution in [3.8, 4) is 0 Å². The summed E-state index contributed by atoms with van der Waals surface area (Å²) in [5.74, 6) is -0.991. The number of hydrogen-bond acceptors (Lipinski definition) is 4. The lowest BCUT2D eigenvalue weighted by Crippen LogP contribution is -2.24. The van der Waals surface area contributed by atoms with Gasteiger partial charge in [-0.3, -0.25) is 9.36 Å². The van der Waals surface area contributed by atoms with Crippen LogP contribution in [0.25, 0.3) is 0 Å². The molecule has 0 aliphatic rings. The van der Waals surface area contributed by atoms with Crippen molar-refractivity contribution >= 4 is 23.4 Å². The van der Waals surface area contributed by atoms with Crippen LogP contribution in [-0.2, 0) is 11.3 Å². The van der Waals surface area contributed by atoms with Crippen LogP contribution in [0.2, 0.25) is 0 Å². The Labute approximate surface area is 133 Å². The van der Waals surface area contributed by atoms with Crippen molar-refractivity contribution in [3.05, 3.63) is 36.4 Å². The second kappa shape index (κ2) is 6.99. The molecule has 1 amide bonds. The van der Waals surface area contributed by atoms with E-state index in [0.717, 1.165) is 28.7 Å². The Kier molecular flexibility index (Phi) is 5.24. The second-order valence-electron chi connectivity index (χ2n) is 4.62. The third-order valence-electron chi connectivity index (χ3n) is 2.67. The largest absolute Gasteiger partial charge is 0.406 e. The highest BCUT2D eigenvalue weighted by molar-refractivity contribution is 8.00. The number of benzene rings is 1. The zero-order chi connectivity index (χ0) is 17.0. The van der Waals surface area contributed by atoms with Gasteiger partial charge in [0.2, 0.25) is 5.91 Å². The number of aromatic nitrogens is 3. The molecule has 1 aromatic carbocycles. The van der Waals surface area contributed by atoms with Crippen molar-refractivity contribution in [1.29, 1.82) is 0 Å². The summed E-state index contributed by atoms with van der Waals surface area (Å²) in [6.45, 7) is 0.270. The normalized spacial score (nSPS) is 12.9. The van der Waals surface area contributed by atoms with Gasteiger partial charge in [-0.05, 0) is 25.1 Å². The van der Waals surface area contributed by atoms with Gasteiger partial charge in [0, 0.05) is 5.69 Å². The number of halogens is 4. The molecule has 2 rings (SSSR count). The number of alkyl halides is 3. The molecule has 0 spiro atoms. The third kappa shape index (κ3) is 5.23. The molecule has 0 aliphatic heterocycles. The molecule has 0 bridgehead atoms. The Hall–Kier alpha value is -2.10. The molecular formula is C13H12F4N4OS. The maximum Gasteiger partial charge on any atom is 0.406 e. The molecule has 0 saturated carbocycles. The highest BCUT2D eigenvalue weighted by Crippen LogP contribution is 2.25. The molecule has 1 atom stereocenters. The Balaban J connectivity index is 2.00. The van der Waals surface area contributed by atoms with Gasteiger partial charge < -0.3 is 5.32 Å². The summed E-state index contributed by atoms with van der Waals surface area (Å²) in [7, 11) is 0. The van der Waals surface area contributed by atoms with Crippen LogP contribution in [0.5, 0.6) is 0 Å². The molecule has 0 fully saturated rings. The van der Waals surface area contributed by atoms with E-state index in [1.807, 2.05) is 0 Å². The minimum Gasteiger partial charge on any atom is -0.325 e. The first-order chi connectivity index (χ1) is 10.7. The van der Waals surface area contributed by atoms with Crippen molar-refractivity contribution in [3.63, 3.8) is 0 Å². The van der Waals surface area contributed by atoms with Crippen LogP contribution in [-0.4, -0.2) is 32.1 Å². The number of hydrogen-bond donors (Lipinski definition) is 1. The zero-order valence-electron chi connectivity index (χ0n) is 11.8. The molecular weight excluding hydrogens is 336 g/mol. The van der Waals surface area contributed by atoms with Crippen LogP contribution in [0.3, 0.4) is 0 Å². The first-order valence-corrected chi connectivity index (χ1v) is 7.30. The number of rotatable bonds is 5. The number of amides is 1. The molecule has 124 valence electrons. The number of nitrogens with zero attached hydrogens (tertiary/aromatic N) is 3. The lowest BCUT2D eigenvalue weighted by Gasteiger charge is -2.13. The van der Waals surface area contributed by atoms with Gasteiger partial charge in [0.05, 0.1) is 5.25 Å². The Morgan fingerprint density at radius 1 is 1.43 bits per heavy atom. The Morgan fingerprint density at radius 2 is 2.17 bits per heavy atom. The van der Waals surface area contributed by atoms with Crippen LogP contribution in [0, 0.1) is 5.82 Å². The molecule has 5 nitrogen and oxygen atoms in total. The fourth-order valence-corrected chi connectivity index (χ4v) is 2.48.